The van der Waals surface area contributed by atoms with Crippen molar-refractivity contribution < 1.29 is 19.4 Å². The lowest BCUT2D eigenvalue weighted by Gasteiger charge is -2.15. The lowest BCUT2D eigenvalue weighted by Crippen LogP contribution is -2.27. The smallest absolute Gasteiger partial charge is 0.306 e. The first-order valence-corrected chi connectivity index (χ1v) is 22.3. The molecule has 0 spiro atoms. The van der Waals surface area contributed by atoms with Gasteiger partial charge in [0.25, 0.3) is 0 Å². The van der Waals surface area contributed by atoms with Crippen molar-refractivity contribution in [3.8, 4) is 0 Å². The Hall–Kier alpha value is -2.69. The average Bonchev–Trinajstić information content (AvgIpc) is 3.18. The monoisotopic (exact) mass is 749 g/mol. The largest absolute Gasteiger partial charge is 0.457 e. The normalized spacial score (nSPS) is 13.3. The van der Waals surface area contributed by atoms with Gasteiger partial charge in [-0.05, 0) is 96.3 Å². The van der Waals surface area contributed by atoms with E-state index >= 15 is 0 Å². The van der Waals surface area contributed by atoms with Gasteiger partial charge >= 0.3 is 5.97 Å². The van der Waals surface area contributed by atoms with Crippen LogP contribution in [0, 0.1) is 0 Å². The highest BCUT2D eigenvalue weighted by Gasteiger charge is 2.13. The standard InChI is InChI=1S/C50H84O4/c1-3-5-7-9-11-13-15-17-19-21-23-24-25-26-27-29-31-33-35-37-39-41-43-45-50(52)54-49(47-51)48-53-46-44-42-40-38-36-34-32-30-28-22-20-18-16-14-12-10-8-6-4-2/h5,7,11,13-14,16-17,19-20,22-24,26-27,31,33,49,51H,3-4,6,8-10,12,15,18,21,25,28-30,32,34-48H2,1-2H3/b7-5-,13-11-,16-14-,19-17-,22-20-,24-23-,27-26-,33-31-. The first-order valence-electron chi connectivity index (χ1n) is 22.3. The predicted octanol–water partition coefficient (Wildman–Crippen LogP) is 14.9. The van der Waals surface area contributed by atoms with Gasteiger partial charge in [-0.15, -0.1) is 0 Å². The zero-order chi connectivity index (χ0) is 39.1. The molecular formula is C50H84O4. The van der Waals surface area contributed by atoms with Gasteiger partial charge < -0.3 is 14.6 Å². The van der Waals surface area contributed by atoms with Gasteiger partial charge in [0.1, 0.15) is 6.10 Å². The lowest BCUT2D eigenvalue weighted by molar-refractivity contribution is -0.154. The number of aliphatic hydroxyl groups is 1. The van der Waals surface area contributed by atoms with Gasteiger partial charge in [-0.25, -0.2) is 0 Å². The summed E-state index contributed by atoms with van der Waals surface area (Å²) >= 11 is 0. The topological polar surface area (TPSA) is 55.8 Å². The van der Waals surface area contributed by atoms with Gasteiger partial charge in [-0.1, -0.05) is 182 Å². The minimum Gasteiger partial charge on any atom is -0.457 e. The molecule has 0 aromatic carbocycles. The van der Waals surface area contributed by atoms with E-state index in [1.807, 2.05) is 0 Å². The quantitative estimate of drug-likeness (QED) is 0.0385. The molecule has 308 valence electrons. The fourth-order valence-electron chi connectivity index (χ4n) is 5.83. The molecule has 0 saturated carbocycles. The van der Waals surface area contributed by atoms with Crippen molar-refractivity contribution in [3.63, 3.8) is 0 Å². The first kappa shape index (κ1) is 51.3. The van der Waals surface area contributed by atoms with E-state index in [4.69, 9.17) is 9.47 Å². The number of ether oxygens (including phenoxy) is 2. The molecule has 0 aliphatic carbocycles. The highest BCUT2D eigenvalue weighted by atomic mass is 16.6. The minimum absolute atomic E-state index is 0.191. The second-order valence-electron chi connectivity index (χ2n) is 14.4. The number of hydrogen-bond donors (Lipinski definition) is 1. The van der Waals surface area contributed by atoms with Crippen molar-refractivity contribution in [1.29, 1.82) is 0 Å². The van der Waals surface area contributed by atoms with Crippen LogP contribution in [-0.4, -0.2) is 37.0 Å². The van der Waals surface area contributed by atoms with Gasteiger partial charge in [0, 0.05) is 13.0 Å². The minimum atomic E-state index is -0.558. The molecule has 0 amide bonds. The van der Waals surface area contributed by atoms with Crippen LogP contribution in [0.25, 0.3) is 0 Å². The molecule has 0 heterocycles. The number of hydrogen-bond acceptors (Lipinski definition) is 4. The molecule has 54 heavy (non-hydrogen) atoms. The predicted molar refractivity (Wildman–Crippen MR) is 237 cm³/mol. The van der Waals surface area contributed by atoms with Gasteiger partial charge in [-0.2, -0.15) is 0 Å². The fraction of sp³-hybridized carbons (Fsp3) is 0.660. The molecule has 1 N–H and O–H groups in total. The van der Waals surface area contributed by atoms with Crippen molar-refractivity contribution in [2.75, 3.05) is 19.8 Å². The van der Waals surface area contributed by atoms with Crippen molar-refractivity contribution in [2.45, 2.75) is 193 Å². The third kappa shape index (κ3) is 43.7. The van der Waals surface area contributed by atoms with E-state index in [1.165, 1.54) is 83.5 Å². The Labute approximate surface area is 334 Å². The van der Waals surface area contributed by atoms with Crippen LogP contribution in [0.5, 0.6) is 0 Å². The summed E-state index contributed by atoms with van der Waals surface area (Å²) in [6.07, 6.45) is 66.1. The molecule has 1 unspecified atom stereocenters. The molecule has 0 aliphatic rings. The van der Waals surface area contributed by atoms with Crippen molar-refractivity contribution in [3.05, 3.63) is 97.2 Å². The van der Waals surface area contributed by atoms with Gasteiger partial charge in [0.15, 0.2) is 0 Å². The van der Waals surface area contributed by atoms with Crippen LogP contribution in [0.2, 0.25) is 0 Å². The van der Waals surface area contributed by atoms with Crippen LogP contribution in [0.1, 0.15) is 187 Å². The summed E-state index contributed by atoms with van der Waals surface area (Å²) in [4.78, 5) is 12.2. The fourth-order valence-corrected chi connectivity index (χ4v) is 5.83. The Balaban J connectivity index is 3.55. The molecule has 0 fully saturated rings. The second kappa shape index (κ2) is 46.5. The molecule has 4 heteroatoms. The molecule has 0 rings (SSSR count). The summed E-state index contributed by atoms with van der Waals surface area (Å²) < 4.78 is 11.2. The Bertz CT molecular complexity index is 1010. The number of rotatable bonds is 40. The third-order valence-electron chi connectivity index (χ3n) is 9.14. The first-order chi connectivity index (χ1) is 26.7. The molecule has 0 radical (unpaired) electrons. The number of unbranched alkanes of at least 4 members (excludes halogenated alkanes) is 16. The molecule has 4 nitrogen and oxygen atoms in total. The summed E-state index contributed by atoms with van der Waals surface area (Å²) in [5.74, 6) is -0.230. The van der Waals surface area contributed by atoms with Crippen molar-refractivity contribution in [2.24, 2.45) is 0 Å². The SMILES string of the molecule is CC/C=C\C/C=C\C/C=C\C/C=C\C/C=C\C/C=C\CCCCCCC(=O)OC(CO)COCCCCCCCCCC/C=C\C/C=C\CCCCCC. The zero-order valence-corrected chi connectivity index (χ0v) is 35.2. The maximum Gasteiger partial charge on any atom is 0.306 e. The molecule has 0 bridgehead atoms. The summed E-state index contributed by atoms with van der Waals surface area (Å²) in [5, 5.41) is 9.61. The number of carbonyl (C=O) groups excluding carboxylic acids is 1. The maximum absolute atomic E-state index is 12.2. The number of carbonyl (C=O) groups is 1. The Morgan fingerprint density at radius 2 is 0.833 bits per heavy atom. The number of aliphatic hydroxyl groups excluding tert-OH is 1. The van der Waals surface area contributed by atoms with E-state index in [-0.39, 0.29) is 19.2 Å². The highest BCUT2D eigenvalue weighted by Crippen LogP contribution is 2.12. The summed E-state index contributed by atoms with van der Waals surface area (Å²) in [5.41, 5.74) is 0. The molecule has 1 atom stereocenters. The van der Waals surface area contributed by atoms with E-state index in [1.54, 1.807) is 0 Å². The maximum atomic E-state index is 12.2. The Morgan fingerprint density at radius 1 is 0.463 bits per heavy atom. The van der Waals surface area contributed by atoms with E-state index in [2.05, 4.69) is 111 Å². The molecule has 0 aliphatic heterocycles. The number of esters is 1. The summed E-state index contributed by atoms with van der Waals surface area (Å²) in [6.45, 7) is 5.17. The van der Waals surface area contributed by atoms with Gasteiger partial charge in [0.05, 0.1) is 13.2 Å². The van der Waals surface area contributed by atoms with Crippen LogP contribution in [0.4, 0.5) is 0 Å². The van der Waals surface area contributed by atoms with Crippen LogP contribution in [0.15, 0.2) is 97.2 Å². The third-order valence-corrected chi connectivity index (χ3v) is 9.14. The number of allylic oxidation sites excluding steroid dienone is 16. The van der Waals surface area contributed by atoms with E-state index in [0.717, 1.165) is 83.5 Å². The summed E-state index contributed by atoms with van der Waals surface area (Å²) in [7, 11) is 0. The van der Waals surface area contributed by atoms with E-state index < -0.39 is 6.10 Å². The van der Waals surface area contributed by atoms with E-state index in [9.17, 15) is 9.90 Å². The lowest BCUT2D eigenvalue weighted by atomic mass is 10.1. The van der Waals surface area contributed by atoms with Crippen LogP contribution < -0.4 is 0 Å². The van der Waals surface area contributed by atoms with Crippen LogP contribution in [-0.2, 0) is 14.3 Å². The molecule has 0 aromatic heterocycles. The average molecular weight is 749 g/mol. The molecule has 0 saturated heterocycles. The van der Waals surface area contributed by atoms with Gasteiger partial charge in [0.2, 0.25) is 0 Å². The van der Waals surface area contributed by atoms with Crippen LogP contribution in [0.3, 0.4) is 0 Å². The van der Waals surface area contributed by atoms with Gasteiger partial charge in [-0.3, -0.25) is 4.79 Å². The highest BCUT2D eigenvalue weighted by molar-refractivity contribution is 5.69. The molecular weight excluding hydrogens is 665 g/mol. The second-order valence-corrected chi connectivity index (χ2v) is 14.4. The Morgan fingerprint density at radius 3 is 1.26 bits per heavy atom. The van der Waals surface area contributed by atoms with Crippen molar-refractivity contribution >= 4 is 5.97 Å². The van der Waals surface area contributed by atoms with Crippen LogP contribution >= 0.6 is 0 Å². The summed E-state index contributed by atoms with van der Waals surface area (Å²) in [6, 6.07) is 0. The van der Waals surface area contributed by atoms with E-state index in [0.29, 0.717) is 13.0 Å². The van der Waals surface area contributed by atoms with Crippen molar-refractivity contribution in [1.82, 2.24) is 0 Å². The Kier molecular flexibility index (Phi) is 44.1. The molecule has 0 aromatic rings. The zero-order valence-electron chi connectivity index (χ0n) is 35.2.